The molecule has 0 aromatic heterocycles. The zero-order valence-corrected chi connectivity index (χ0v) is 43.6. The second kappa shape index (κ2) is 17.6. The first-order valence-corrected chi connectivity index (χ1v) is 24.8. The van der Waals surface area contributed by atoms with Crippen LogP contribution in [0.3, 0.4) is 0 Å². The highest BCUT2D eigenvalue weighted by atomic mass is 31.2. The van der Waals surface area contributed by atoms with Crippen LogP contribution in [-0.2, 0) is 37.1 Å². The molecule has 0 aliphatic heterocycles. The van der Waals surface area contributed by atoms with E-state index >= 15 is 4.57 Å². The van der Waals surface area contributed by atoms with E-state index in [9.17, 15) is 0 Å². The van der Waals surface area contributed by atoms with Crippen LogP contribution in [0.15, 0.2) is 127 Å². The van der Waals surface area contributed by atoms with Crippen molar-refractivity contribution in [1.29, 1.82) is 0 Å². The van der Waals surface area contributed by atoms with Crippen LogP contribution in [0.25, 0.3) is 33.4 Å². The topological polar surface area (TPSA) is 44.8 Å². The van der Waals surface area contributed by atoms with E-state index in [1.807, 2.05) is 72.8 Å². The Balaban J connectivity index is 1.62. The van der Waals surface area contributed by atoms with Crippen molar-refractivity contribution in [3.8, 4) is 50.6 Å². The van der Waals surface area contributed by atoms with E-state index in [-0.39, 0.29) is 32.5 Å². The SMILES string of the molecule is CC(C)(C)c1cccc(-c2ccccc2OP(=O)(Oc2ccccc2-c2cccc(C(C)(C)C)c2C(C)(C)C)Oc2ccccc2-c2cccc(C(C)(C)C)c2C(C)(C)C)c1C(C)(C)C. The Morgan fingerprint density at radius 1 is 0.277 bits per heavy atom. The molecule has 65 heavy (non-hydrogen) atoms. The van der Waals surface area contributed by atoms with Gasteiger partial charge in [-0.3, -0.25) is 0 Å². The highest BCUT2D eigenvalue weighted by Gasteiger charge is 2.39. The summed E-state index contributed by atoms with van der Waals surface area (Å²) >= 11 is 0. The maximum absolute atomic E-state index is 16.3. The van der Waals surface area contributed by atoms with Gasteiger partial charge >= 0.3 is 7.82 Å². The Morgan fingerprint density at radius 2 is 0.492 bits per heavy atom. The van der Waals surface area contributed by atoms with Gasteiger partial charge in [0.25, 0.3) is 0 Å². The first-order chi connectivity index (χ1) is 29.9. The summed E-state index contributed by atoms with van der Waals surface area (Å²) in [6.45, 7) is 40.5. The predicted octanol–water partition coefficient (Wildman–Crippen LogP) is 18.1. The number of hydrogen-bond donors (Lipinski definition) is 0. The first kappa shape index (κ1) is 49.4. The van der Waals surface area contributed by atoms with Crippen molar-refractivity contribution in [2.75, 3.05) is 0 Å². The van der Waals surface area contributed by atoms with Crippen LogP contribution < -0.4 is 13.6 Å². The van der Waals surface area contributed by atoms with E-state index in [1.165, 1.54) is 33.4 Å². The first-order valence-electron chi connectivity index (χ1n) is 23.3. The van der Waals surface area contributed by atoms with Crippen molar-refractivity contribution >= 4 is 7.82 Å². The van der Waals surface area contributed by atoms with Gasteiger partial charge in [-0.1, -0.05) is 234 Å². The molecule has 5 heteroatoms. The van der Waals surface area contributed by atoms with E-state index < -0.39 is 7.82 Å². The molecular weight excluding hydrogens is 816 g/mol. The predicted molar refractivity (Wildman–Crippen MR) is 277 cm³/mol. The van der Waals surface area contributed by atoms with Crippen LogP contribution >= 0.6 is 7.82 Å². The average molecular weight is 891 g/mol. The lowest BCUT2D eigenvalue weighted by Gasteiger charge is -2.33. The summed E-state index contributed by atoms with van der Waals surface area (Å²) < 4.78 is 37.1. The summed E-state index contributed by atoms with van der Waals surface area (Å²) in [6.07, 6.45) is 0. The lowest BCUT2D eigenvalue weighted by atomic mass is 9.72. The van der Waals surface area contributed by atoms with Crippen molar-refractivity contribution in [1.82, 2.24) is 0 Å². The monoisotopic (exact) mass is 891 g/mol. The van der Waals surface area contributed by atoms with E-state index in [1.54, 1.807) is 0 Å². The second-order valence-electron chi connectivity index (χ2n) is 23.9. The van der Waals surface area contributed by atoms with E-state index in [4.69, 9.17) is 13.6 Å². The summed E-state index contributed by atoms with van der Waals surface area (Å²) in [5, 5.41) is 0. The molecule has 0 atom stereocenters. The zero-order chi connectivity index (χ0) is 48.1. The summed E-state index contributed by atoms with van der Waals surface area (Å²) in [6, 6.07) is 42.9. The van der Waals surface area contributed by atoms with E-state index in [0.29, 0.717) is 17.2 Å². The fourth-order valence-corrected chi connectivity index (χ4v) is 10.7. The van der Waals surface area contributed by atoms with E-state index in [2.05, 4.69) is 179 Å². The van der Waals surface area contributed by atoms with Crippen molar-refractivity contribution in [3.63, 3.8) is 0 Å². The fourth-order valence-electron chi connectivity index (χ4n) is 9.35. The maximum Gasteiger partial charge on any atom is 0.647 e. The number of benzene rings is 6. The Kier molecular flexibility index (Phi) is 13.4. The minimum Gasteiger partial charge on any atom is -0.385 e. The van der Waals surface area contributed by atoms with Crippen LogP contribution in [0.5, 0.6) is 17.2 Å². The minimum absolute atomic E-state index is 0.129. The summed E-state index contributed by atoms with van der Waals surface area (Å²) in [5.74, 6) is 1.20. The van der Waals surface area contributed by atoms with Gasteiger partial charge < -0.3 is 13.6 Å². The van der Waals surface area contributed by atoms with Gasteiger partial charge in [0.15, 0.2) is 0 Å². The summed E-state index contributed by atoms with van der Waals surface area (Å²) in [5.41, 5.74) is 11.7. The number of para-hydroxylation sites is 3. The third kappa shape index (κ3) is 10.8. The molecule has 0 bridgehead atoms. The van der Waals surface area contributed by atoms with Crippen molar-refractivity contribution in [2.24, 2.45) is 0 Å². The molecule has 0 amide bonds. The average Bonchev–Trinajstić information content (AvgIpc) is 3.18. The minimum atomic E-state index is -4.63. The maximum atomic E-state index is 16.3. The smallest absolute Gasteiger partial charge is 0.385 e. The zero-order valence-electron chi connectivity index (χ0n) is 42.7. The van der Waals surface area contributed by atoms with Gasteiger partial charge in [0.1, 0.15) is 17.2 Å². The van der Waals surface area contributed by atoms with Gasteiger partial charge in [-0.05, 0) is 101 Å². The Labute approximate surface area is 392 Å². The molecule has 0 saturated carbocycles. The van der Waals surface area contributed by atoms with Crippen molar-refractivity contribution in [3.05, 3.63) is 161 Å². The van der Waals surface area contributed by atoms with Crippen LogP contribution in [0.2, 0.25) is 0 Å². The summed E-state index contributed by atoms with van der Waals surface area (Å²) in [7, 11) is -4.63. The van der Waals surface area contributed by atoms with Crippen LogP contribution in [0.1, 0.15) is 158 Å². The van der Waals surface area contributed by atoms with Gasteiger partial charge in [-0.25, -0.2) is 0 Å². The molecular formula is C60H75O4P. The van der Waals surface area contributed by atoms with Crippen molar-refractivity contribution < 1.29 is 18.1 Å². The summed E-state index contributed by atoms with van der Waals surface area (Å²) in [4.78, 5) is 0. The molecule has 0 heterocycles. The van der Waals surface area contributed by atoms with Crippen LogP contribution in [0, 0.1) is 0 Å². The van der Waals surface area contributed by atoms with Gasteiger partial charge in [0.2, 0.25) is 0 Å². The Bertz CT molecular complexity index is 2420. The van der Waals surface area contributed by atoms with E-state index in [0.717, 1.165) is 33.4 Å². The molecule has 0 unspecified atom stereocenters. The number of rotatable bonds is 9. The molecule has 0 radical (unpaired) electrons. The number of phosphoric acid groups is 1. The Hall–Kier alpha value is -5.05. The lowest BCUT2D eigenvalue weighted by Crippen LogP contribution is -2.23. The fraction of sp³-hybridized carbons (Fsp3) is 0.400. The standard InChI is InChI=1S/C60H75O4P/c1-55(2,3)46-34-25-31-43(52(46)58(10,11)12)40-28-19-22-37-49(40)62-65(61,63-50-38-23-20-29-41(50)44-32-26-35-47(56(4,5)6)53(44)59(13,14)15)64-51-39-24-21-30-42(51)45-33-27-36-48(57(7,8)9)54(45)60(16,17)18/h19-39H,1-18H3. The number of hydrogen-bond acceptors (Lipinski definition) is 4. The highest BCUT2D eigenvalue weighted by molar-refractivity contribution is 7.49. The highest BCUT2D eigenvalue weighted by Crippen LogP contribution is 2.56. The van der Waals surface area contributed by atoms with Gasteiger partial charge in [-0.2, -0.15) is 4.57 Å². The van der Waals surface area contributed by atoms with Crippen LogP contribution in [-0.4, -0.2) is 0 Å². The lowest BCUT2D eigenvalue weighted by molar-refractivity contribution is 0.299. The van der Waals surface area contributed by atoms with Gasteiger partial charge in [-0.15, -0.1) is 0 Å². The molecule has 6 aromatic carbocycles. The molecule has 0 saturated heterocycles. The third-order valence-electron chi connectivity index (χ3n) is 12.0. The molecule has 6 aromatic rings. The molecule has 6 rings (SSSR count). The van der Waals surface area contributed by atoms with Crippen LogP contribution in [0.4, 0.5) is 0 Å². The quantitative estimate of drug-likeness (QED) is 0.136. The number of phosphoric ester groups is 1. The Morgan fingerprint density at radius 3 is 0.708 bits per heavy atom. The molecule has 0 N–H and O–H groups in total. The normalized spacial score (nSPS) is 13.1. The van der Waals surface area contributed by atoms with Gasteiger partial charge in [0.05, 0.1) is 0 Å². The molecule has 0 aliphatic rings. The molecule has 0 fully saturated rings. The molecule has 0 aliphatic carbocycles. The molecule has 344 valence electrons. The van der Waals surface area contributed by atoms with Crippen molar-refractivity contribution in [2.45, 2.75) is 157 Å². The second-order valence-corrected chi connectivity index (χ2v) is 25.3. The molecule has 0 spiro atoms. The third-order valence-corrected chi connectivity index (χ3v) is 13.3. The largest absolute Gasteiger partial charge is 0.647 e. The molecule has 4 nitrogen and oxygen atoms in total. The van der Waals surface area contributed by atoms with Gasteiger partial charge in [0, 0.05) is 16.7 Å².